The summed E-state index contributed by atoms with van der Waals surface area (Å²) < 4.78 is 5.80. The lowest BCUT2D eigenvalue weighted by molar-refractivity contribution is -0.129. The minimum atomic E-state index is 0.0711. The van der Waals surface area contributed by atoms with Crippen molar-refractivity contribution in [3.8, 4) is 5.88 Å². The Hall–Kier alpha value is -1.37. The first-order valence-corrected chi connectivity index (χ1v) is 5.96. The highest BCUT2D eigenvalue weighted by Gasteiger charge is 2.23. The lowest BCUT2D eigenvalue weighted by Crippen LogP contribution is -2.49. The van der Waals surface area contributed by atoms with Crippen LogP contribution in [0, 0.1) is 0 Å². The topological polar surface area (TPSA) is 58.6 Å². The van der Waals surface area contributed by atoms with Crippen molar-refractivity contribution in [2.45, 2.75) is 0 Å². The maximum atomic E-state index is 11.6. The maximum Gasteiger partial charge on any atom is 0.242 e. The number of carbonyl (C=O) groups excluding carboxylic acids is 1. The van der Waals surface area contributed by atoms with E-state index in [9.17, 15) is 4.79 Å². The van der Waals surface area contributed by atoms with Gasteiger partial charge in [0.05, 0.1) is 24.3 Å². The quantitative estimate of drug-likeness (QED) is 0.797. The number of anilines is 1. The summed E-state index contributed by atoms with van der Waals surface area (Å²) in [7, 11) is 3.34. The van der Waals surface area contributed by atoms with Gasteiger partial charge in [0.15, 0.2) is 0 Å². The molecule has 1 aliphatic heterocycles. The molecule has 92 valence electrons. The van der Waals surface area contributed by atoms with Crippen LogP contribution < -0.4 is 9.64 Å². The van der Waals surface area contributed by atoms with Gasteiger partial charge in [-0.15, -0.1) is 0 Å². The Labute approximate surface area is 108 Å². The highest BCUT2D eigenvalue weighted by Crippen LogP contribution is 2.23. The molecule has 1 fully saturated rings. The lowest BCUT2D eigenvalue weighted by atomic mass is 10.3. The number of hydrogen-bond donors (Lipinski definition) is 0. The summed E-state index contributed by atoms with van der Waals surface area (Å²) in [6, 6.07) is 0. The third-order valence-corrected chi connectivity index (χ3v) is 3.18. The van der Waals surface area contributed by atoms with Crippen LogP contribution in [0.15, 0.2) is 10.7 Å². The maximum absolute atomic E-state index is 11.6. The number of carbonyl (C=O) groups is 1. The number of piperazine rings is 1. The van der Waals surface area contributed by atoms with Gasteiger partial charge in [-0.1, -0.05) is 0 Å². The first-order chi connectivity index (χ1) is 8.11. The zero-order valence-electron chi connectivity index (χ0n) is 9.68. The normalized spacial score (nSPS) is 16.3. The Morgan fingerprint density at radius 3 is 2.88 bits per heavy atom. The highest BCUT2D eigenvalue weighted by molar-refractivity contribution is 9.10. The van der Waals surface area contributed by atoms with Crippen molar-refractivity contribution in [3.63, 3.8) is 0 Å². The van der Waals surface area contributed by atoms with E-state index in [0.717, 1.165) is 6.54 Å². The van der Waals surface area contributed by atoms with Crippen LogP contribution in [-0.2, 0) is 4.79 Å². The molecule has 2 heterocycles. The molecule has 0 atom stereocenters. The van der Waals surface area contributed by atoms with E-state index in [1.165, 1.54) is 0 Å². The predicted molar refractivity (Wildman–Crippen MR) is 66.1 cm³/mol. The van der Waals surface area contributed by atoms with Gasteiger partial charge in [-0.2, -0.15) is 4.98 Å². The van der Waals surface area contributed by atoms with Gasteiger partial charge in [0.25, 0.3) is 0 Å². The van der Waals surface area contributed by atoms with E-state index in [4.69, 9.17) is 4.74 Å². The second-order valence-electron chi connectivity index (χ2n) is 3.76. The fourth-order valence-electron chi connectivity index (χ4n) is 1.57. The standard InChI is InChI=1S/C10H13BrN4O2/c1-14-3-4-15(6-8(14)16)10-12-5-7(11)9(13-10)17-2/h5H,3-4,6H2,1-2H3. The third kappa shape index (κ3) is 2.49. The van der Waals surface area contributed by atoms with Crippen molar-refractivity contribution in [1.29, 1.82) is 0 Å². The molecule has 1 aromatic rings. The monoisotopic (exact) mass is 300 g/mol. The molecule has 0 aliphatic carbocycles. The number of nitrogens with zero attached hydrogens (tertiary/aromatic N) is 4. The van der Waals surface area contributed by atoms with Gasteiger partial charge >= 0.3 is 0 Å². The molecule has 1 amide bonds. The molecular weight excluding hydrogens is 288 g/mol. The van der Waals surface area contributed by atoms with Crippen LogP contribution in [0.1, 0.15) is 0 Å². The van der Waals surface area contributed by atoms with E-state index in [1.54, 1.807) is 25.3 Å². The van der Waals surface area contributed by atoms with Crippen molar-refractivity contribution < 1.29 is 9.53 Å². The minimum Gasteiger partial charge on any atom is -0.480 e. The van der Waals surface area contributed by atoms with E-state index in [2.05, 4.69) is 25.9 Å². The van der Waals surface area contributed by atoms with E-state index in [-0.39, 0.29) is 5.91 Å². The molecule has 1 saturated heterocycles. The van der Waals surface area contributed by atoms with Crippen molar-refractivity contribution in [2.24, 2.45) is 0 Å². The average molecular weight is 301 g/mol. The molecular formula is C10H13BrN4O2. The van der Waals surface area contributed by atoms with E-state index >= 15 is 0 Å². The van der Waals surface area contributed by atoms with Crippen LogP contribution in [-0.4, -0.2) is 54.6 Å². The number of hydrogen-bond acceptors (Lipinski definition) is 5. The van der Waals surface area contributed by atoms with Crippen LogP contribution in [0.25, 0.3) is 0 Å². The number of ether oxygens (including phenoxy) is 1. The molecule has 2 rings (SSSR count). The molecule has 17 heavy (non-hydrogen) atoms. The Morgan fingerprint density at radius 2 is 2.24 bits per heavy atom. The molecule has 0 bridgehead atoms. The molecule has 0 N–H and O–H groups in total. The second-order valence-corrected chi connectivity index (χ2v) is 4.62. The van der Waals surface area contributed by atoms with E-state index in [0.29, 0.717) is 29.4 Å². The summed E-state index contributed by atoms with van der Waals surface area (Å²) in [6.45, 7) is 1.72. The van der Waals surface area contributed by atoms with Gasteiger partial charge in [-0.05, 0) is 15.9 Å². The van der Waals surface area contributed by atoms with Gasteiger partial charge in [0, 0.05) is 20.1 Å². The van der Waals surface area contributed by atoms with Crippen LogP contribution >= 0.6 is 15.9 Å². The first-order valence-electron chi connectivity index (χ1n) is 5.17. The fourth-order valence-corrected chi connectivity index (χ4v) is 1.92. The zero-order valence-corrected chi connectivity index (χ0v) is 11.3. The van der Waals surface area contributed by atoms with Crippen LogP contribution in [0.5, 0.6) is 5.88 Å². The largest absolute Gasteiger partial charge is 0.480 e. The Morgan fingerprint density at radius 1 is 1.47 bits per heavy atom. The summed E-state index contributed by atoms with van der Waals surface area (Å²) >= 11 is 3.29. The van der Waals surface area contributed by atoms with Crippen LogP contribution in [0.3, 0.4) is 0 Å². The molecule has 6 nitrogen and oxygen atoms in total. The molecule has 0 saturated carbocycles. The summed E-state index contributed by atoms with van der Waals surface area (Å²) in [5.41, 5.74) is 0. The molecule has 1 aliphatic rings. The Balaban J connectivity index is 2.20. The molecule has 0 aromatic carbocycles. The van der Waals surface area contributed by atoms with Crippen molar-refractivity contribution >= 4 is 27.8 Å². The van der Waals surface area contributed by atoms with Crippen molar-refractivity contribution in [3.05, 3.63) is 10.7 Å². The molecule has 0 spiro atoms. The Kier molecular flexibility index (Phi) is 3.46. The number of halogens is 1. The van der Waals surface area contributed by atoms with Gasteiger partial charge in [-0.25, -0.2) is 4.98 Å². The first kappa shape index (κ1) is 12.1. The molecule has 0 unspecified atom stereocenters. The van der Waals surface area contributed by atoms with Crippen molar-refractivity contribution in [1.82, 2.24) is 14.9 Å². The van der Waals surface area contributed by atoms with Crippen molar-refractivity contribution in [2.75, 3.05) is 38.7 Å². The number of likely N-dealkylation sites (N-methyl/N-ethyl adjacent to an activating group) is 1. The van der Waals surface area contributed by atoms with Gasteiger partial charge in [0.1, 0.15) is 0 Å². The highest BCUT2D eigenvalue weighted by atomic mass is 79.9. The van der Waals surface area contributed by atoms with Crippen LogP contribution in [0.4, 0.5) is 5.95 Å². The van der Waals surface area contributed by atoms with Gasteiger partial charge in [0.2, 0.25) is 17.7 Å². The average Bonchev–Trinajstić information content (AvgIpc) is 2.33. The molecule has 0 radical (unpaired) electrons. The fraction of sp³-hybridized carbons (Fsp3) is 0.500. The Bertz CT molecular complexity index is 440. The SMILES string of the molecule is COc1nc(N2CCN(C)C(=O)C2)ncc1Br. The number of aromatic nitrogens is 2. The lowest BCUT2D eigenvalue weighted by Gasteiger charge is -2.31. The van der Waals surface area contributed by atoms with Crippen LogP contribution in [0.2, 0.25) is 0 Å². The second kappa shape index (κ2) is 4.87. The third-order valence-electron chi connectivity index (χ3n) is 2.63. The smallest absolute Gasteiger partial charge is 0.242 e. The molecule has 7 heteroatoms. The summed E-state index contributed by atoms with van der Waals surface area (Å²) in [5, 5.41) is 0. The van der Waals surface area contributed by atoms with Gasteiger partial charge < -0.3 is 14.5 Å². The summed E-state index contributed by atoms with van der Waals surface area (Å²) in [4.78, 5) is 23.6. The number of amides is 1. The zero-order chi connectivity index (χ0) is 12.4. The summed E-state index contributed by atoms with van der Waals surface area (Å²) in [6.07, 6.45) is 1.63. The van der Waals surface area contributed by atoms with E-state index in [1.807, 2.05) is 4.90 Å². The predicted octanol–water partition coefficient (Wildman–Crippen LogP) is 0.526. The number of rotatable bonds is 2. The number of methoxy groups -OCH3 is 1. The summed E-state index contributed by atoms with van der Waals surface area (Å²) in [5.74, 6) is 1.06. The van der Waals surface area contributed by atoms with Gasteiger partial charge in [-0.3, -0.25) is 4.79 Å². The minimum absolute atomic E-state index is 0.0711. The molecule has 1 aromatic heterocycles. The van der Waals surface area contributed by atoms with E-state index < -0.39 is 0 Å².